The van der Waals surface area contributed by atoms with Crippen molar-refractivity contribution in [2.75, 3.05) is 11.9 Å². The highest BCUT2D eigenvalue weighted by Crippen LogP contribution is 2.14. The predicted octanol–water partition coefficient (Wildman–Crippen LogP) is 2.85. The van der Waals surface area contributed by atoms with Crippen LogP contribution in [0.4, 0.5) is 5.95 Å². The molecule has 0 aliphatic carbocycles. The summed E-state index contributed by atoms with van der Waals surface area (Å²) in [5.41, 5.74) is 2.11. The SMILES string of the molecule is Cc1ccc(-n2nnnc2NCC(C)Oc2ccccc2)cc1. The number of para-hydroxylation sites is 1. The number of nitrogens with zero attached hydrogens (tertiary/aromatic N) is 4. The Kier molecular flexibility index (Phi) is 4.52. The highest BCUT2D eigenvalue weighted by atomic mass is 16.5. The highest BCUT2D eigenvalue weighted by Gasteiger charge is 2.10. The summed E-state index contributed by atoms with van der Waals surface area (Å²) in [7, 11) is 0. The van der Waals surface area contributed by atoms with Crippen LogP contribution >= 0.6 is 0 Å². The first kappa shape index (κ1) is 15.0. The van der Waals surface area contributed by atoms with E-state index in [1.807, 2.05) is 68.4 Å². The molecule has 0 amide bonds. The number of rotatable bonds is 6. The molecule has 0 spiro atoms. The van der Waals surface area contributed by atoms with Gasteiger partial charge in [0.1, 0.15) is 11.9 Å². The van der Waals surface area contributed by atoms with Gasteiger partial charge < -0.3 is 10.1 Å². The van der Waals surface area contributed by atoms with Crippen molar-refractivity contribution in [3.8, 4) is 11.4 Å². The first-order valence-electron chi connectivity index (χ1n) is 7.53. The summed E-state index contributed by atoms with van der Waals surface area (Å²) < 4.78 is 7.51. The van der Waals surface area contributed by atoms with Crippen molar-refractivity contribution in [1.29, 1.82) is 0 Å². The summed E-state index contributed by atoms with van der Waals surface area (Å²) in [5.74, 6) is 1.44. The van der Waals surface area contributed by atoms with E-state index in [0.717, 1.165) is 11.4 Å². The molecule has 1 atom stereocenters. The fourth-order valence-electron chi connectivity index (χ4n) is 2.17. The van der Waals surface area contributed by atoms with E-state index in [-0.39, 0.29) is 6.10 Å². The quantitative estimate of drug-likeness (QED) is 0.758. The van der Waals surface area contributed by atoms with E-state index in [9.17, 15) is 0 Å². The van der Waals surface area contributed by atoms with Crippen molar-refractivity contribution >= 4 is 5.95 Å². The Hall–Kier alpha value is -2.89. The number of aryl methyl sites for hydroxylation is 1. The molecule has 2 aromatic carbocycles. The summed E-state index contributed by atoms with van der Waals surface area (Å²) in [5, 5.41) is 15.0. The van der Waals surface area contributed by atoms with Crippen LogP contribution in [-0.2, 0) is 0 Å². The van der Waals surface area contributed by atoms with E-state index in [2.05, 4.69) is 20.8 Å². The van der Waals surface area contributed by atoms with Crippen molar-refractivity contribution < 1.29 is 4.74 Å². The van der Waals surface area contributed by atoms with E-state index >= 15 is 0 Å². The molecule has 1 heterocycles. The lowest BCUT2D eigenvalue weighted by Crippen LogP contribution is -2.24. The predicted molar refractivity (Wildman–Crippen MR) is 88.9 cm³/mol. The first-order valence-corrected chi connectivity index (χ1v) is 7.53. The number of benzene rings is 2. The molecule has 3 aromatic rings. The van der Waals surface area contributed by atoms with Crippen molar-refractivity contribution in [3.63, 3.8) is 0 Å². The maximum atomic E-state index is 5.83. The van der Waals surface area contributed by atoms with Crippen LogP contribution in [0.5, 0.6) is 5.75 Å². The lowest BCUT2D eigenvalue weighted by molar-refractivity contribution is 0.234. The number of hydrogen-bond donors (Lipinski definition) is 1. The number of anilines is 1. The molecule has 23 heavy (non-hydrogen) atoms. The molecule has 0 saturated carbocycles. The van der Waals surface area contributed by atoms with Gasteiger partial charge in [0.15, 0.2) is 0 Å². The minimum atomic E-state index is -0.0134. The molecule has 0 fully saturated rings. The van der Waals surface area contributed by atoms with Gasteiger partial charge in [-0.25, -0.2) is 0 Å². The standard InChI is InChI=1S/C17H19N5O/c1-13-8-10-15(11-9-13)22-17(19-20-21-22)18-12-14(2)23-16-6-4-3-5-7-16/h3-11,14H,12H2,1-2H3,(H,18,19,21). The van der Waals surface area contributed by atoms with Gasteiger partial charge in [0.2, 0.25) is 5.95 Å². The Bertz CT molecular complexity index is 739. The van der Waals surface area contributed by atoms with Crippen LogP contribution in [-0.4, -0.2) is 32.9 Å². The number of hydrogen-bond acceptors (Lipinski definition) is 5. The zero-order chi connectivity index (χ0) is 16.1. The average Bonchev–Trinajstić information content (AvgIpc) is 3.03. The largest absolute Gasteiger partial charge is 0.489 e. The summed E-state index contributed by atoms with van der Waals surface area (Å²) in [6.45, 7) is 4.65. The van der Waals surface area contributed by atoms with Crippen molar-refractivity contribution in [1.82, 2.24) is 20.2 Å². The van der Waals surface area contributed by atoms with Crippen LogP contribution in [0.3, 0.4) is 0 Å². The van der Waals surface area contributed by atoms with E-state index in [1.54, 1.807) is 4.68 Å². The van der Waals surface area contributed by atoms with Crippen LogP contribution in [0.2, 0.25) is 0 Å². The van der Waals surface area contributed by atoms with Crippen LogP contribution in [0.1, 0.15) is 12.5 Å². The molecular weight excluding hydrogens is 290 g/mol. The van der Waals surface area contributed by atoms with Crippen LogP contribution in [0.25, 0.3) is 5.69 Å². The van der Waals surface area contributed by atoms with Gasteiger partial charge in [0.05, 0.1) is 12.2 Å². The normalized spacial score (nSPS) is 11.9. The minimum absolute atomic E-state index is 0.0134. The van der Waals surface area contributed by atoms with E-state index in [0.29, 0.717) is 12.5 Å². The number of nitrogens with one attached hydrogen (secondary N) is 1. The Balaban J connectivity index is 1.63. The molecule has 1 aromatic heterocycles. The molecule has 0 saturated heterocycles. The molecule has 0 bridgehead atoms. The van der Waals surface area contributed by atoms with Crippen LogP contribution in [0.15, 0.2) is 54.6 Å². The summed E-state index contributed by atoms with van der Waals surface area (Å²) in [6, 6.07) is 17.8. The van der Waals surface area contributed by atoms with Crippen molar-refractivity contribution in [2.24, 2.45) is 0 Å². The third-order valence-corrected chi connectivity index (χ3v) is 3.38. The lowest BCUT2D eigenvalue weighted by Gasteiger charge is -2.15. The Labute approximate surface area is 135 Å². The molecule has 3 rings (SSSR count). The number of tetrazole rings is 1. The summed E-state index contributed by atoms with van der Waals surface area (Å²) >= 11 is 0. The van der Waals surface area contributed by atoms with Crippen molar-refractivity contribution in [3.05, 3.63) is 60.2 Å². The molecular formula is C17H19N5O. The molecule has 0 aliphatic rings. The minimum Gasteiger partial charge on any atom is -0.489 e. The van der Waals surface area contributed by atoms with Crippen LogP contribution in [0, 0.1) is 6.92 Å². The van der Waals surface area contributed by atoms with Gasteiger partial charge in [0.25, 0.3) is 0 Å². The monoisotopic (exact) mass is 309 g/mol. The second-order valence-corrected chi connectivity index (χ2v) is 5.37. The lowest BCUT2D eigenvalue weighted by atomic mass is 10.2. The molecule has 0 radical (unpaired) electrons. The Morgan fingerprint density at radius 3 is 2.57 bits per heavy atom. The maximum Gasteiger partial charge on any atom is 0.247 e. The van der Waals surface area contributed by atoms with Gasteiger partial charge >= 0.3 is 0 Å². The molecule has 1 N–H and O–H groups in total. The van der Waals surface area contributed by atoms with E-state index < -0.39 is 0 Å². The van der Waals surface area contributed by atoms with Gasteiger partial charge in [-0.15, -0.1) is 0 Å². The van der Waals surface area contributed by atoms with Gasteiger partial charge in [-0.2, -0.15) is 4.68 Å². The third kappa shape index (κ3) is 3.85. The van der Waals surface area contributed by atoms with Gasteiger partial charge in [-0.3, -0.25) is 0 Å². The van der Waals surface area contributed by atoms with E-state index in [1.165, 1.54) is 5.56 Å². The molecule has 1 unspecified atom stereocenters. The van der Waals surface area contributed by atoms with Gasteiger partial charge in [-0.05, 0) is 48.5 Å². The highest BCUT2D eigenvalue weighted by molar-refractivity contribution is 5.40. The number of aromatic nitrogens is 4. The summed E-state index contributed by atoms with van der Waals surface area (Å²) in [4.78, 5) is 0. The zero-order valence-electron chi connectivity index (χ0n) is 13.2. The second kappa shape index (κ2) is 6.91. The second-order valence-electron chi connectivity index (χ2n) is 5.37. The van der Waals surface area contributed by atoms with Crippen LogP contribution < -0.4 is 10.1 Å². The van der Waals surface area contributed by atoms with Gasteiger partial charge in [-0.1, -0.05) is 41.0 Å². The van der Waals surface area contributed by atoms with E-state index in [4.69, 9.17) is 4.74 Å². The fraction of sp³-hybridized carbons (Fsp3) is 0.235. The molecule has 6 heteroatoms. The van der Waals surface area contributed by atoms with Gasteiger partial charge in [0, 0.05) is 0 Å². The third-order valence-electron chi connectivity index (χ3n) is 3.38. The summed E-state index contributed by atoms with van der Waals surface area (Å²) in [6.07, 6.45) is -0.0134. The smallest absolute Gasteiger partial charge is 0.247 e. The molecule has 0 aliphatic heterocycles. The fourth-order valence-corrected chi connectivity index (χ4v) is 2.17. The molecule has 118 valence electrons. The molecule has 6 nitrogen and oxygen atoms in total. The Morgan fingerprint density at radius 2 is 1.83 bits per heavy atom. The average molecular weight is 309 g/mol. The Morgan fingerprint density at radius 1 is 1.09 bits per heavy atom. The zero-order valence-corrected chi connectivity index (χ0v) is 13.2. The first-order chi connectivity index (χ1) is 11.2. The van der Waals surface area contributed by atoms with Crippen molar-refractivity contribution in [2.45, 2.75) is 20.0 Å². The topological polar surface area (TPSA) is 64.9 Å². The number of ether oxygens (including phenoxy) is 1. The maximum absolute atomic E-state index is 5.83.